The van der Waals surface area contributed by atoms with Gasteiger partial charge in [0.05, 0.1) is 17.1 Å². The normalized spacial score (nSPS) is 13.4. The van der Waals surface area contributed by atoms with Gasteiger partial charge >= 0.3 is 0 Å². The minimum atomic E-state index is -0.117. The van der Waals surface area contributed by atoms with E-state index in [0.717, 1.165) is 27.9 Å². The highest BCUT2D eigenvalue weighted by Gasteiger charge is 2.37. The van der Waals surface area contributed by atoms with E-state index < -0.39 is 0 Å². The summed E-state index contributed by atoms with van der Waals surface area (Å²) in [7, 11) is 0. The quantitative estimate of drug-likeness (QED) is 0.270. The van der Waals surface area contributed by atoms with Crippen molar-refractivity contribution in [2.75, 3.05) is 4.90 Å². The molecule has 0 bridgehead atoms. The molecule has 1 aliphatic heterocycles. The average Bonchev–Trinajstić information content (AvgIpc) is 2.93. The van der Waals surface area contributed by atoms with E-state index in [9.17, 15) is 5.26 Å². The first kappa shape index (κ1) is 21.8. The monoisotopic (exact) mass is 463 g/mol. The van der Waals surface area contributed by atoms with E-state index in [2.05, 4.69) is 121 Å². The second-order valence-electron chi connectivity index (χ2n) is 9.57. The molecule has 2 heterocycles. The summed E-state index contributed by atoms with van der Waals surface area (Å²) in [5.74, 6) is 0. The zero-order valence-corrected chi connectivity index (χ0v) is 20.3. The van der Waals surface area contributed by atoms with Gasteiger partial charge in [-0.1, -0.05) is 92.7 Å². The SMILES string of the molecule is CC1(C)c2ccccc2N(c2ccccc2-c2ccccc2-c2cccnc2C#N)c2ccccc21. The predicted molar refractivity (Wildman–Crippen MR) is 147 cm³/mol. The van der Waals surface area contributed by atoms with Gasteiger partial charge in [0.25, 0.3) is 0 Å². The number of para-hydroxylation sites is 3. The van der Waals surface area contributed by atoms with Crippen LogP contribution in [0.5, 0.6) is 0 Å². The van der Waals surface area contributed by atoms with Gasteiger partial charge in [0.15, 0.2) is 0 Å². The van der Waals surface area contributed by atoms with Gasteiger partial charge in [-0.25, -0.2) is 4.98 Å². The Hall–Kier alpha value is -4.68. The van der Waals surface area contributed by atoms with Crippen molar-refractivity contribution in [2.24, 2.45) is 0 Å². The molecule has 0 atom stereocenters. The van der Waals surface area contributed by atoms with Gasteiger partial charge in [0, 0.05) is 22.7 Å². The second kappa shape index (κ2) is 8.52. The van der Waals surface area contributed by atoms with Crippen LogP contribution in [0.3, 0.4) is 0 Å². The zero-order chi connectivity index (χ0) is 24.7. The van der Waals surface area contributed by atoms with Crippen LogP contribution < -0.4 is 4.90 Å². The number of hydrogen-bond acceptors (Lipinski definition) is 3. The molecule has 6 rings (SSSR count). The number of hydrogen-bond donors (Lipinski definition) is 0. The molecule has 5 aromatic rings. The van der Waals surface area contributed by atoms with Crippen LogP contribution in [-0.4, -0.2) is 4.98 Å². The van der Waals surface area contributed by atoms with Crippen molar-refractivity contribution in [3.05, 3.63) is 132 Å². The van der Waals surface area contributed by atoms with E-state index in [0.29, 0.717) is 5.69 Å². The highest BCUT2D eigenvalue weighted by Crippen LogP contribution is 2.53. The lowest BCUT2D eigenvalue weighted by molar-refractivity contribution is 0.632. The summed E-state index contributed by atoms with van der Waals surface area (Å²) in [6.45, 7) is 4.60. The smallest absolute Gasteiger partial charge is 0.148 e. The molecule has 0 spiro atoms. The number of rotatable bonds is 3. The Morgan fingerprint density at radius 2 is 1.06 bits per heavy atom. The van der Waals surface area contributed by atoms with Crippen LogP contribution in [0.25, 0.3) is 22.3 Å². The topological polar surface area (TPSA) is 39.9 Å². The van der Waals surface area contributed by atoms with E-state index in [1.807, 2.05) is 18.2 Å². The second-order valence-corrected chi connectivity index (χ2v) is 9.57. The molecule has 1 aromatic heterocycles. The molecule has 0 saturated carbocycles. The summed E-state index contributed by atoms with van der Waals surface area (Å²) in [6, 6.07) is 40.3. The number of nitrogens with zero attached hydrogens (tertiary/aromatic N) is 3. The molecule has 4 aromatic carbocycles. The molecule has 172 valence electrons. The number of fused-ring (bicyclic) bond motifs is 2. The maximum atomic E-state index is 9.75. The number of aromatic nitrogens is 1. The van der Waals surface area contributed by atoms with Gasteiger partial charge in [-0.3, -0.25) is 0 Å². The first-order valence-corrected chi connectivity index (χ1v) is 12.1. The van der Waals surface area contributed by atoms with Crippen molar-refractivity contribution in [1.82, 2.24) is 4.98 Å². The summed E-state index contributed by atoms with van der Waals surface area (Å²) in [6.07, 6.45) is 1.67. The Balaban J connectivity index is 1.63. The molecule has 0 radical (unpaired) electrons. The third-order valence-corrected chi connectivity index (χ3v) is 7.20. The van der Waals surface area contributed by atoms with Gasteiger partial charge in [-0.2, -0.15) is 5.26 Å². The first-order chi connectivity index (χ1) is 17.6. The molecule has 3 nitrogen and oxygen atoms in total. The molecular weight excluding hydrogens is 438 g/mol. The third-order valence-electron chi connectivity index (χ3n) is 7.20. The van der Waals surface area contributed by atoms with E-state index in [1.165, 1.54) is 22.5 Å². The van der Waals surface area contributed by atoms with E-state index in [4.69, 9.17) is 0 Å². The van der Waals surface area contributed by atoms with Crippen molar-refractivity contribution in [3.8, 4) is 28.3 Å². The number of nitriles is 1. The van der Waals surface area contributed by atoms with Crippen LogP contribution in [0, 0.1) is 11.3 Å². The van der Waals surface area contributed by atoms with Crippen LogP contribution in [0.1, 0.15) is 30.7 Å². The molecular formula is C33H25N3. The Morgan fingerprint density at radius 1 is 0.583 bits per heavy atom. The molecule has 0 amide bonds. The van der Waals surface area contributed by atoms with Gasteiger partial charge in [-0.05, 0) is 52.6 Å². The van der Waals surface area contributed by atoms with Crippen molar-refractivity contribution >= 4 is 17.1 Å². The molecule has 0 saturated heterocycles. The Morgan fingerprint density at radius 3 is 1.67 bits per heavy atom. The fourth-order valence-electron chi connectivity index (χ4n) is 5.49. The van der Waals surface area contributed by atoms with E-state index in [1.54, 1.807) is 6.20 Å². The van der Waals surface area contributed by atoms with Crippen LogP contribution in [0.2, 0.25) is 0 Å². The fraction of sp³-hybridized carbons (Fsp3) is 0.0909. The van der Waals surface area contributed by atoms with Crippen LogP contribution in [-0.2, 0) is 5.41 Å². The van der Waals surface area contributed by atoms with E-state index >= 15 is 0 Å². The van der Waals surface area contributed by atoms with E-state index in [-0.39, 0.29) is 5.41 Å². The Bertz CT molecular complexity index is 1590. The summed E-state index contributed by atoms with van der Waals surface area (Å²) < 4.78 is 0. The summed E-state index contributed by atoms with van der Waals surface area (Å²) >= 11 is 0. The maximum absolute atomic E-state index is 9.75. The minimum absolute atomic E-state index is 0.117. The lowest BCUT2D eigenvalue weighted by Gasteiger charge is -2.42. The number of benzene rings is 4. The molecule has 1 aliphatic rings. The average molecular weight is 464 g/mol. The highest BCUT2D eigenvalue weighted by molar-refractivity contribution is 5.96. The van der Waals surface area contributed by atoms with Crippen LogP contribution in [0.15, 0.2) is 115 Å². The van der Waals surface area contributed by atoms with Crippen molar-refractivity contribution in [3.63, 3.8) is 0 Å². The zero-order valence-electron chi connectivity index (χ0n) is 20.3. The van der Waals surface area contributed by atoms with Gasteiger partial charge in [-0.15, -0.1) is 0 Å². The largest absolute Gasteiger partial charge is 0.309 e. The Labute approximate surface area is 211 Å². The van der Waals surface area contributed by atoms with Gasteiger partial charge in [0.1, 0.15) is 11.8 Å². The standard InChI is InChI=1S/C33H25N3/c1-33(2)27-16-6-9-19-31(27)36(32-20-10-7-17-28(32)33)30-18-8-5-14-26(30)24-13-4-3-12-23(24)25-15-11-21-35-29(25)22-34/h3-21H,1-2H3. The number of pyridine rings is 1. The lowest BCUT2D eigenvalue weighted by atomic mass is 9.73. The highest BCUT2D eigenvalue weighted by atomic mass is 15.2. The lowest BCUT2D eigenvalue weighted by Crippen LogP contribution is -2.30. The van der Waals surface area contributed by atoms with Gasteiger partial charge < -0.3 is 4.90 Å². The summed E-state index contributed by atoms with van der Waals surface area (Å²) in [4.78, 5) is 6.71. The summed E-state index contributed by atoms with van der Waals surface area (Å²) in [5.41, 5.74) is 10.4. The van der Waals surface area contributed by atoms with Crippen molar-refractivity contribution in [1.29, 1.82) is 5.26 Å². The predicted octanol–water partition coefficient (Wildman–Crippen LogP) is 8.40. The maximum Gasteiger partial charge on any atom is 0.148 e. The summed E-state index contributed by atoms with van der Waals surface area (Å²) in [5, 5.41) is 9.75. The first-order valence-electron chi connectivity index (χ1n) is 12.1. The minimum Gasteiger partial charge on any atom is -0.309 e. The van der Waals surface area contributed by atoms with Crippen molar-refractivity contribution < 1.29 is 0 Å². The molecule has 0 fully saturated rings. The molecule has 36 heavy (non-hydrogen) atoms. The van der Waals surface area contributed by atoms with Crippen LogP contribution in [0.4, 0.5) is 17.1 Å². The molecule has 0 unspecified atom stereocenters. The molecule has 0 aliphatic carbocycles. The molecule has 0 N–H and O–H groups in total. The molecule has 3 heteroatoms. The third kappa shape index (κ3) is 3.31. The number of anilines is 3. The van der Waals surface area contributed by atoms with Crippen LogP contribution >= 0.6 is 0 Å². The fourth-order valence-corrected chi connectivity index (χ4v) is 5.49. The van der Waals surface area contributed by atoms with Gasteiger partial charge in [0.2, 0.25) is 0 Å². The Kier molecular flexibility index (Phi) is 5.16. The van der Waals surface area contributed by atoms with Crippen molar-refractivity contribution in [2.45, 2.75) is 19.3 Å².